The molecule has 0 bridgehead atoms. The fourth-order valence-corrected chi connectivity index (χ4v) is 0.825. The number of rotatable bonds is 4. The van der Waals surface area contributed by atoms with E-state index in [4.69, 9.17) is 4.52 Å². The van der Waals surface area contributed by atoms with E-state index < -0.39 is 5.60 Å². The smallest absolute Gasteiger partial charge is 0.150 e. The summed E-state index contributed by atoms with van der Waals surface area (Å²) in [6, 6.07) is 1.79. The van der Waals surface area contributed by atoms with E-state index in [-0.39, 0.29) is 0 Å². The summed E-state index contributed by atoms with van der Waals surface area (Å²) in [5.41, 5.74) is -0.681. The maximum atomic E-state index is 9.34. The monoisotopic (exact) mass is 170 g/mol. The third kappa shape index (κ3) is 3.50. The van der Waals surface area contributed by atoms with Gasteiger partial charge in [-0.15, -0.1) is 0 Å². The molecule has 4 nitrogen and oxygen atoms in total. The first-order valence-corrected chi connectivity index (χ1v) is 3.90. The lowest BCUT2D eigenvalue weighted by Gasteiger charge is -2.16. The molecule has 0 aromatic carbocycles. The van der Waals surface area contributed by atoms with Crippen LogP contribution < -0.4 is 5.32 Å². The molecule has 0 spiro atoms. The molecular formula is C8H14N2O2. The second kappa shape index (κ2) is 3.69. The molecule has 0 radical (unpaired) electrons. The Labute approximate surface area is 71.6 Å². The van der Waals surface area contributed by atoms with E-state index >= 15 is 0 Å². The van der Waals surface area contributed by atoms with Crippen molar-refractivity contribution in [2.45, 2.75) is 26.0 Å². The first kappa shape index (κ1) is 9.22. The number of nitrogens with one attached hydrogen (secondary N) is 1. The van der Waals surface area contributed by atoms with E-state index in [0.717, 1.165) is 5.76 Å². The van der Waals surface area contributed by atoms with Crippen molar-refractivity contribution < 1.29 is 9.63 Å². The van der Waals surface area contributed by atoms with Gasteiger partial charge in [0.2, 0.25) is 0 Å². The van der Waals surface area contributed by atoms with Gasteiger partial charge in [-0.1, -0.05) is 5.16 Å². The Kier molecular flexibility index (Phi) is 2.83. The van der Waals surface area contributed by atoms with Crippen LogP contribution >= 0.6 is 0 Å². The summed E-state index contributed by atoms with van der Waals surface area (Å²) >= 11 is 0. The van der Waals surface area contributed by atoms with Crippen LogP contribution in [-0.2, 0) is 6.54 Å². The fraction of sp³-hybridized carbons (Fsp3) is 0.625. The van der Waals surface area contributed by atoms with Crippen molar-refractivity contribution in [3.05, 3.63) is 18.0 Å². The lowest BCUT2D eigenvalue weighted by molar-refractivity contribution is 0.0788. The van der Waals surface area contributed by atoms with Gasteiger partial charge in [0.15, 0.2) is 0 Å². The highest BCUT2D eigenvalue weighted by molar-refractivity contribution is 4.92. The van der Waals surface area contributed by atoms with Gasteiger partial charge in [0.25, 0.3) is 0 Å². The quantitative estimate of drug-likeness (QED) is 0.692. The zero-order chi connectivity index (χ0) is 9.03. The Morgan fingerprint density at radius 1 is 1.67 bits per heavy atom. The molecule has 0 unspecified atom stereocenters. The summed E-state index contributed by atoms with van der Waals surface area (Å²) in [7, 11) is 0. The standard InChI is InChI=1S/C8H14N2O2/c1-8(2,11)6-9-5-7-3-4-10-12-7/h3-4,9,11H,5-6H2,1-2H3. The third-order valence-corrected chi connectivity index (χ3v) is 1.35. The lowest BCUT2D eigenvalue weighted by atomic mass is 10.1. The van der Waals surface area contributed by atoms with Gasteiger partial charge in [-0.05, 0) is 13.8 Å². The first-order valence-electron chi connectivity index (χ1n) is 3.90. The Hall–Kier alpha value is -0.870. The molecule has 1 aromatic rings. The molecule has 68 valence electrons. The minimum atomic E-state index is -0.681. The van der Waals surface area contributed by atoms with Gasteiger partial charge in [0.1, 0.15) is 5.76 Å². The van der Waals surface area contributed by atoms with Gasteiger partial charge in [-0.3, -0.25) is 0 Å². The normalized spacial score (nSPS) is 11.9. The summed E-state index contributed by atoms with van der Waals surface area (Å²) < 4.78 is 4.85. The average Bonchev–Trinajstić information content (AvgIpc) is 2.36. The minimum absolute atomic E-state index is 0.535. The molecule has 4 heteroatoms. The van der Waals surface area contributed by atoms with Gasteiger partial charge in [-0.25, -0.2) is 0 Å². The topological polar surface area (TPSA) is 58.3 Å². The average molecular weight is 170 g/mol. The van der Waals surface area contributed by atoms with Crippen LogP contribution in [0.3, 0.4) is 0 Å². The predicted molar refractivity (Wildman–Crippen MR) is 44.5 cm³/mol. The molecule has 0 saturated carbocycles. The number of nitrogens with zero attached hydrogens (tertiary/aromatic N) is 1. The zero-order valence-corrected chi connectivity index (χ0v) is 7.37. The molecule has 0 aliphatic carbocycles. The van der Waals surface area contributed by atoms with E-state index in [2.05, 4.69) is 10.5 Å². The summed E-state index contributed by atoms with van der Waals surface area (Å²) in [6.45, 7) is 4.64. The van der Waals surface area contributed by atoms with Gasteiger partial charge in [0.05, 0.1) is 18.3 Å². The second-order valence-electron chi connectivity index (χ2n) is 3.39. The van der Waals surface area contributed by atoms with Crippen molar-refractivity contribution >= 4 is 0 Å². The van der Waals surface area contributed by atoms with Crippen molar-refractivity contribution in [2.24, 2.45) is 0 Å². The second-order valence-corrected chi connectivity index (χ2v) is 3.39. The molecule has 0 saturated heterocycles. The van der Waals surface area contributed by atoms with Crippen LogP contribution in [0, 0.1) is 0 Å². The molecule has 2 N–H and O–H groups in total. The molecule has 12 heavy (non-hydrogen) atoms. The van der Waals surface area contributed by atoms with E-state index in [0.29, 0.717) is 13.1 Å². The summed E-state index contributed by atoms with van der Waals surface area (Å²) in [6.07, 6.45) is 1.60. The van der Waals surface area contributed by atoms with Crippen LogP contribution in [0.4, 0.5) is 0 Å². The van der Waals surface area contributed by atoms with Crippen LogP contribution in [0.5, 0.6) is 0 Å². The minimum Gasteiger partial charge on any atom is -0.389 e. The largest absolute Gasteiger partial charge is 0.389 e. The van der Waals surface area contributed by atoms with Crippen LogP contribution in [0.15, 0.2) is 16.8 Å². The zero-order valence-electron chi connectivity index (χ0n) is 7.37. The summed E-state index contributed by atoms with van der Waals surface area (Å²) in [4.78, 5) is 0. The predicted octanol–water partition coefficient (Wildman–Crippen LogP) is 0.535. The summed E-state index contributed by atoms with van der Waals surface area (Å²) in [5, 5.41) is 15.9. The summed E-state index contributed by atoms with van der Waals surface area (Å²) in [5.74, 6) is 0.777. The maximum absolute atomic E-state index is 9.34. The number of hydrogen-bond acceptors (Lipinski definition) is 4. The maximum Gasteiger partial charge on any atom is 0.150 e. The van der Waals surface area contributed by atoms with Crippen LogP contribution in [0.2, 0.25) is 0 Å². The van der Waals surface area contributed by atoms with Crippen LogP contribution in [0.1, 0.15) is 19.6 Å². The molecule has 0 aliphatic heterocycles. The van der Waals surface area contributed by atoms with Gasteiger partial charge in [0, 0.05) is 12.6 Å². The Morgan fingerprint density at radius 3 is 2.92 bits per heavy atom. The number of aromatic nitrogens is 1. The Balaban J connectivity index is 2.20. The van der Waals surface area contributed by atoms with E-state index in [9.17, 15) is 5.11 Å². The van der Waals surface area contributed by atoms with Crippen LogP contribution in [0.25, 0.3) is 0 Å². The molecule has 0 aliphatic rings. The number of aliphatic hydroxyl groups is 1. The van der Waals surface area contributed by atoms with E-state index in [1.807, 2.05) is 0 Å². The van der Waals surface area contributed by atoms with Crippen LogP contribution in [-0.4, -0.2) is 22.4 Å². The highest BCUT2D eigenvalue weighted by atomic mass is 16.5. The van der Waals surface area contributed by atoms with Gasteiger partial charge < -0.3 is 14.9 Å². The molecule has 1 aromatic heterocycles. The van der Waals surface area contributed by atoms with Crippen molar-refractivity contribution in [1.82, 2.24) is 10.5 Å². The Morgan fingerprint density at radius 2 is 2.42 bits per heavy atom. The number of hydrogen-bond donors (Lipinski definition) is 2. The lowest BCUT2D eigenvalue weighted by Crippen LogP contribution is -2.34. The molecule has 0 amide bonds. The van der Waals surface area contributed by atoms with Gasteiger partial charge >= 0.3 is 0 Å². The highest BCUT2D eigenvalue weighted by Gasteiger charge is 2.11. The Bertz CT molecular complexity index is 213. The highest BCUT2D eigenvalue weighted by Crippen LogP contribution is 1.99. The fourth-order valence-electron chi connectivity index (χ4n) is 0.825. The van der Waals surface area contributed by atoms with Crippen molar-refractivity contribution in [3.8, 4) is 0 Å². The van der Waals surface area contributed by atoms with Crippen molar-refractivity contribution in [2.75, 3.05) is 6.54 Å². The van der Waals surface area contributed by atoms with E-state index in [1.54, 1.807) is 26.1 Å². The molecule has 1 heterocycles. The van der Waals surface area contributed by atoms with Crippen molar-refractivity contribution in [3.63, 3.8) is 0 Å². The van der Waals surface area contributed by atoms with Crippen molar-refractivity contribution in [1.29, 1.82) is 0 Å². The van der Waals surface area contributed by atoms with E-state index in [1.165, 1.54) is 0 Å². The van der Waals surface area contributed by atoms with Gasteiger partial charge in [-0.2, -0.15) is 0 Å². The molecule has 1 rings (SSSR count). The molecule has 0 atom stereocenters. The molecule has 0 fully saturated rings. The SMILES string of the molecule is CC(C)(O)CNCc1ccno1. The molecular weight excluding hydrogens is 156 g/mol. The third-order valence-electron chi connectivity index (χ3n) is 1.35. The first-order chi connectivity index (χ1) is 5.58.